The smallest absolute Gasteiger partial charge is 0.195 e. The Morgan fingerprint density at radius 3 is 2.47 bits per heavy atom. The molecule has 0 amide bonds. The maximum atomic E-state index is 12.7. The zero-order valence-electron chi connectivity index (χ0n) is 7.37. The van der Waals surface area contributed by atoms with Gasteiger partial charge < -0.3 is 0 Å². The van der Waals surface area contributed by atoms with Gasteiger partial charge in [-0.15, -0.1) is 0 Å². The summed E-state index contributed by atoms with van der Waals surface area (Å²) in [6.07, 6.45) is 0. The average Bonchev–Trinajstić information content (AvgIpc) is 2.19. The Morgan fingerprint density at radius 1 is 1.40 bits per heavy atom. The van der Waals surface area contributed by atoms with Gasteiger partial charge in [0, 0.05) is 9.13 Å². The number of Topliss-reactive ketones (excluding diaryl/α,β-unsaturated/α-hetero) is 1. The number of halogens is 2. The standard InChI is InChI=1S/C10H4FIN2O/c11-7-1-2-8(9(12)3-7)10(15)6(4-13)5-14/h1-3,6H. The molecule has 0 saturated carbocycles. The van der Waals surface area contributed by atoms with Crippen molar-refractivity contribution < 1.29 is 9.18 Å². The van der Waals surface area contributed by atoms with Crippen molar-refractivity contribution in [1.82, 2.24) is 0 Å². The van der Waals surface area contributed by atoms with Gasteiger partial charge in [0.2, 0.25) is 0 Å². The Bertz CT molecular complexity index is 473. The predicted molar refractivity (Wildman–Crippen MR) is 58.2 cm³/mol. The number of carbonyl (C=O) groups excluding carboxylic acids is 1. The van der Waals surface area contributed by atoms with E-state index in [4.69, 9.17) is 10.5 Å². The molecule has 0 saturated heterocycles. The molecule has 0 heterocycles. The molecule has 0 bridgehead atoms. The molecule has 3 nitrogen and oxygen atoms in total. The monoisotopic (exact) mass is 314 g/mol. The lowest BCUT2D eigenvalue weighted by Gasteiger charge is -2.03. The van der Waals surface area contributed by atoms with Crippen molar-refractivity contribution in [3.63, 3.8) is 0 Å². The minimum atomic E-state index is -1.33. The van der Waals surface area contributed by atoms with Crippen LogP contribution < -0.4 is 0 Å². The summed E-state index contributed by atoms with van der Waals surface area (Å²) in [4.78, 5) is 11.6. The lowest BCUT2D eigenvalue weighted by Crippen LogP contribution is -2.12. The Balaban J connectivity index is 3.14. The van der Waals surface area contributed by atoms with Crippen LogP contribution in [0.4, 0.5) is 4.39 Å². The zero-order valence-corrected chi connectivity index (χ0v) is 9.53. The van der Waals surface area contributed by atoms with Crippen LogP contribution in [0.1, 0.15) is 10.4 Å². The van der Waals surface area contributed by atoms with Crippen LogP contribution in [0.2, 0.25) is 0 Å². The molecule has 1 aromatic carbocycles. The molecule has 1 aromatic rings. The molecule has 0 unspecified atom stereocenters. The molecule has 0 spiro atoms. The largest absolute Gasteiger partial charge is 0.291 e. The van der Waals surface area contributed by atoms with Gasteiger partial charge in [-0.1, -0.05) is 0 Å². The van der Waals surface area contributed by atoms with Crippen molar-refractivity contribution >= 4 is 28.4 Å². The average molecular weight is 314 g/mol. The molecule has 74 valence electrons. The number of hydrogen-bond donors (Lipinski definition) is 0. The first-order chi connectivity index (χ1) is 7.10. The van der Waals surface area contributed by atoms with Crippen LogP contribution >= 0.6 is 22.6 Å². The Labute approximate surface area is 99.3 Å². The molecule has 0 aliphatic heterocycles. The predicted octanol–water partition coefficient (Wildman–Crippen LogP) is 2.28. The molecular formula is C10H4FIN2O. The molecule has 15 heavy (non-hydrogen) atoms. The molecule has 0 radical (unpaired) electrons. The second-order valence-corrected chi connectivity index (χ2v) is 3.84. The summed E-state index contributed by atoms with van der Waals surface area (Å²) in [7, 11) is 0. The zero-order chi connectivity index (χ0) is 11.4. The van der Waals surface area contributed by atoms with E-state index >= 15 is 0 Å². The van der Waals surface area contributed by atoms with Gasteiger partial charge in [0.05, 0.1) is 12.1 Å². The van der Waals surface area contributed by atoms with E-state index in [2.05, 4.69) is 0 Å². The Morgan fingerprint density at radius 2 is 2.00 bits per heavy atom. The molecule has 0 aliphatic carbocycles. The Hall–Kier alpha value is -1.47. The number of hydrogen-bond acceptors (Lipinski definition) is 3. The summed E-state index contributed by atoms with van der Waals surface area (Å²) < 4.78 is 13.1. The van der Waals surface area contributed by atoms with Gasteiger partial charge in [0.15, 0.2) is 11.7 Å². The van der Waals surface area contributed by atoms with E-state index in [-0.39, 0.29) is 5.56 Å². The third-order valence-corrected chi connectivity index (χ3v) is 2.61. The first-order valence-electron chi connectivity index (χ1n) is 3.88. The van der Waals surface area contributed by atoms with E-state index in [1.54, 1.807) is 34.7 Å². The summed E-state index contributed by atoms with van der Waals surface area (Å²) in [5.41, 5.74) is 0.199. The molecule has 1 rings (SSSR count). The van der Waals surface area contributed by atoms with Gasteiger partial charge >= 0.3 is 0 Å². The van der Waals surface area contributed by atoms with E-state index in [0.717, 1.165) is 6.07 Å². The molecule has 0 fully saturated rings. The normalized spacial score (nSPS) is 9.40. The van der Waals surface area contributed by atoms with Crippen molar-refractivity contribution in [1.29, 1.82) is 10.5 Å². The molecule has 0 aromatic heterocycles. The first-order valence-corrected chi connectivity index (χ1v) is 4.96. The molecule has 0 atom stereocenters. The first kappa shape index (κ1) is 11.6. The summed E-state index contributed by atoms with van der Waals surface area (Å²) in [6.45, 7) is 0. The number of nitriles is 2. The van der Waals surface area contributed by atoms with E-state index in [0.29, 0.717) is 3.57 Å². The van der Waals surface area contributed by atoms with Crippen molar-refractivity contribution in [3.8, 4) is 12.1 Å². The molecule has 0 N–H and O–H groups in total. The van der Waals surface area contributed by atoms with Gasteiger partial charge in [-0.3, -0.25) is 4.79 Å². The molecule has 5 heteroatoms. The highest BCUT2D eigenvalue weighted by Crippen LogP contribution is 2.17. The van der Waals surface area contributed by atoms with E-state index < -0.39 is 17.5 Å². The van der Waals surface area contributed by atoms with Crippen molar-refractivity contribution in [3.05, 3.63) is 33.1 Å². The maximum absolute atomic E-state index is 12.7. The summed E-state index contributed by atoms with van der Waals surface area (Å²) in [5.74, 6) is -2.38. The fraction of sp³-hybridized carbons (Fsp3) is 0.100. The van der Waals surface area contributed by atoms with Crippen molar-refractivity contribution in [2.24, 2.45) is 5.92 Å². The van der Waals surface area contributed by atoms with Crippen LogP contribution in [0, 0.1) is 38.0 Å². The summed E-state index contributed by atoms with van der Waals surface area (Å²) in [6, 6.07) is 6.75. The number of nitrogens with zero attached hydrogens (tertiary/aromatic N) is 2. The number of benzene rings is 1. The minimum Gasteiger partial charge on any atom is -0.291 e. The van der Waals surface area contributed by atoms with Gasteiger partial charge in [-0.2, -0.15) is 10.5 Å². The SMILES string of the molecule is N#CC(C#N)C(=O)c1ccc(F)cc1I. The molecule has 0 aliphatic rings. The van der Waals surface area contributed by atoms with Gasteiger partial charge in [-0.05, 0) is 40.8 Å². The van der Waals surface area contributed by atoms with Crippen LogP contribution in [-0.2, 0) is 0 Å². The highest BCUT2D eigenvalue weighted by atomic mass is 127. The third-order valence-electron chi connectivity index (χ3n) is 1.72. The van der Waals surface area contributed by atoms with Crippen LogP contribution in [0.15, 0.2) is 18.2 Å². The third kappa shape index (κ3) is 2.51. The highest BCUT2D eigenvalue weighted by Gasteiger charge is 2.21. The maximum Gasteiger partial charge on any atom is 0.195 e. The fourth-order valence-corrected chi connectivity index (χ4v) is 1.73. The number of carbonyl (C=O) groups is 1. The second-order valence-electron chi connectivity index (χ2n) is 2.68. The van der Waals surface area contributed by atoms with Crippen LogP contribution in [0.25, 0.3) is 0 Å². The minimum absolute atomic E-state index is 0.199. The van der Waals surface area contributed by atoms with Crippen LogP contribution in [0.5, 0.6) is 0 Å². The Kier molecular flexibility index (Phi) is 3.75. The molecular weight excluding hydrogens is 310 g/mol. The van der Waals surface area contributed by atoms with Crippen LogP contribution in [-0.4, -0.2) is 5.78 Å². The summed E-state index contributed by atoms with van der Waals surface area (Å²) >= 11 is 1.79. The van der Waals surface area contributed by atoms with E-state index in [9.17, 15) is 9.18 Å². The quantitative estimate of drug-likeness (QED) is 0.621. The fourth-order valence-electron chi connectivity index (χ4n) is 0.991. The highest BCUT2D eigenvalue weighted by molar-refractivity contribution is 14.1. The van der Waals surface area contributed by atoms with E-state index in [1.165, 1.54) is 12.1 Å². The van der Waals surface area contributed by atoms with E-state index in [1.807, 2.05) is 0 Å². The lowest BCUT2D eigenvalue weighted by atomic mass is 10.0. The number of rotatable bonds is 2. The summed E-state index contributed by atoms with van der Waals surface area (Å²) in [5, 5.41) is 17.1. The van der Waals surface area contributed by atoms with Crippen LogP contribution in [0.3, 0.4) is 0 Å². The second kappa shape index (κ2) is 4.85. The van der Waals surface area contributed by atoms with Crippen molar-refractivity contribution in [2.75, 3.05) is 0 Å². The van der Waals surface area contributed by atoms with Gasteiger partial charge in [0.25, 0.3) is 0 Å². The number of ketones is 1. The lowest BCUT2D eigenvalue weighted by molar-refractivity contribution is 0.0970. The van der Waals surface area contributed by atoms with Crippen molar-refractivity contribution in [2.45, 2.75) is 0 Å². The van der Waals surface area contributed by atoms with Gasteiger partial charge in [-0.25, -0.2) is 4.39 Å². The topological polar surface area (TPSA) is 64.7 Å². The van der Waals surface area contributed by atoms with Gasteiger partial charge in [0.1, 0.15) is 5.82 Å².